The molecule has 0 aliphatic rings. The minimum atomic E-state index is -3.60. The number of esters is 1. The van der Waals surface area contributed by atoms with E-state index in [4.69, 9.17) is 4.74 Å². The van der Waals surface area contributed by atoms with Gasteiger partial charge in [0, 0.05) is 25.0 Å². The molecule has 1 aromatic carbocycles. The lowest BCUT2D eigenvalue weighted by Gasteiger charge is -2.21. The van der Waals surface area contributed by atoms with Crippen molar-refractivity contribution in [3.05, 3.63) is 48.0 Å². The lowest BCUT2D eigenvalue weighted by molar-refractivity contribution is -0.119. The number of aromatic nitrogens is 2. The van der Waals surface area contributed by atoms with Gasteiger partial charge in [-0.1, -0.05) is 0 Å². The average Bonchev–Trinajstić information content (AvgIpc) is 2.66. The van der Waals surface area contributed by atoms with E-state index >= 15 is 0 Å². The Balaban J connectivity index is 1.94. The Morgan fingerprint density at radius 3 is 2.32 bits per heavy atom. The second-order valence-corrected chi connectivity index (χ2v) is 8.30. The fraction of sp³-hybridized carbons (Fsp3) is 0.333. The van der Waals surface area contributed by atoms with Gasteiger partial charge in [0.05, 0.1) is 16.8 Å². The van der Waals surface area contributed by atoms with E-state index in [-0.39, 0.29) is 16.6 Å². The van der Waals surface area contributed by atoms with Gasteiger partial charge in [0.15, 0.2) is 12.3 Å². The number of hydrogen-bond acceptors (Lipinski definition) is 7. The van der Waals surface area contributed by atoms with Crippen LogP contribution in [0.3, 0.4) is 0 Å². The van der Waals surface area contributed by atoms with Crippen molar-refractivity contribution in [2.45, 2.75) is 31.7 Å². The zero-order chi connectivity index (χ0) is 20.9. The molecule has 2 rings (SSSR count). The molecule has 9 nitrogen and oxygen atoms in total. The quantitative estimate of drug-likeness (QED) is 0.694. The summed E-state index contributed by atoms with van der Waals surface area (Å²) in [5.41, 5.74) is 1.03. The van der Waals surface area contributed by atoms with Crippen molar-refractivity contribution in [1.82, 2.24) is 14.3 Å². The maximum Gasteiger partial charge on any atom is 0.359 e. The van der Waals surface area contributed by atoms with Gasteiger partial charge in [-0.15, -0.1) is 0 Å². The molecule has 1 N–H and O–H groups in total. The summed E-state index contributed by atoms with van der Waals surface area (Å²) in [6.45, 7) is 4.77. The van der Waals surface area contributed by atoms with Gasteiger partial charge < -0.3 is 10.1 Å². The molecule has 0 aliphatic carbocycles. The monoisotopic (exact) mass is 406 g/mol. The number of benzene rings is 1. The lowest BCUT2D eigenvalue weighted by Crippen LogP contribution is -2.33. The molecule has 1 amide bonds. The van der Waals surface area contributed by atoms with Crippen molar-refractivity contribution in [2.75, 3.05) is 19.0 Å². The molecular formula is C18H22N4O5S. The number of rotatable bonds is 7. The number of anilines is 1. The van der Waals surface area contributed by atoms with Crippen molar-refractivity contribution in [3.8, 4) is 0 Å². The Hall–Kier alpha value is -2.85. The van der Waals surface area contributed by atoms with Crippen molar-refractivity contribution in [3.63, 3.8) is 0 Å². The summed E-state index contributed by atoms with van der Waals surface area (Å²) in [5.74, 6) is -1.33. The van der Waals surface area contributed by atoms with Gasteiger partial charge in [0.1, 0.15) is 0 Å². The first kappa shape index (κ1) is 21.5. The summed E-state index contributed by atoms with van der Waals surface area (Å²) in [6.07, 6.45) is 2.69. The molecular weight excluding hydrogens is 384 g/mol. The molecule has 0 radical (unpaired) electrons. The van der Waals surface area contributed by atoms with Gasteiger partial charge in [-0.05, 0) is 45.0 Å². The molecule has 0 spiro atoms. The van der Waals surface area contributed by atoms with Crippen molar-refractivity contribution < 1.29 is 22.7 Å². The Morgan fingerprint density at radius 1 is 1.14 bits per heavy atom. The molecule has 150 valence electrons. The van der Waals surface area contributed by atoms with Crippen LogP contribution in [0.2, 0.25) is 0 Å². The van der Waals surface area contributed by atoms with Crippen molar-refractivity contribution in [2.24, 2.45) is 0 Å². The van der Waals surface area contributed by atoms with Gasteiger partial charge in [-0.3, -0.25) is 9.78 Å². The average molecular weight is 406 g/mol. The van der Waals surface area contributed by atoms with Crippen LogP contribution in [0, 0.1) is 6.92 Å². The van der Waals surface area contributed by atoms with E-state index in [9.17, 15) is 18.0 Å². The Morgan fingerprint density at radius 2 is 1.79 bits per heavy atom. The number of aryl methyl sites for hydroxylation is 1. The molecule has 0 atom stereocenters. The summed E-state index contributed by atoms with van der Waals surface area (Å²) < 4.78 is 31.0. The van der Waals surface area contributed by atoms with Crippen LogP contribution in [0.4, 0.5) is 5.69 Å². The minimum absolute atomic E-state index is 0.00207. The molecule has 0 bridgehead atoms. The second-order valence-electron chi connectivity index (χ2n) is 6.31. The highest BCUT2D eigenvalue weighted by Crippen LogP contribution is 2.19. The molecule has 0 aliphatic heterocycles. The van der Waals surface area contributed by atoms with Crippen LogP contribution in [0.5, 0.6) is 0 Å². The summed E-state index contributed by atoms with van der Waals surface area (Å²) >= 11 is 0. The maximum atomic E-state index is 12.4. The highest BCUT2D eigenvalue weighted by atomic mass is 32.2. The summed E-state index contributed by atoms with van der Waals surface area (Å²) in [5, 5.41) is 2.53. The first-order valence-corrected chi connectivity index (χ1v) is 9.89. The molecule has 0 unspecified atom stereocenters. The van der Waals surface area contributed by atoms with E-state index < -0.39 is 28.5 Å². The standard InChI is InChI=1S/C18H22N4O5S/c1-12(2)22(4)28(25,26)15-7-5-14(6-8-15)21-17(23)11-27-18(24)16-10-19-13(3)9-20-16/h5-10,12H,11H2,1-4H3,(H,21,23). The number of nitrogens with one attached hydrogen (secondary N) is 1. The highest BCUT2D eigenvalue weighted by Gasteiger charge is 2.22. The van der Waals surface area contributed by atoms with Crippen LogP contribution >= 0.6 is 0 Å². The first-order valence-electron chi connectivity index (χ1n) is 8.45. The van der Waals surface area contributed by atoms with Gasteiger partial charge in [-0.25, -0.2) is 18.2 Å². The zero-order valence-electron chi connectivity index (χ0n) is 16.0. The Labute approximate surface area is 163 Å². The number of amides is 1. The normalized spacial score (nSPS) is 11.5. The molecule has 10 heteroatoms. The first-order chi connectivity index (χ1) is 13.1. The van der Waals surface area contributed by atoms with Crippen molar-refractivity contribution in [1.29, 1.82) is 0 Å². The number of nitrogens with zero attached hydrogens (tertiary/aromatic N) is 3. The summed E-state index contributed by atoms with van der Waals surface area (Å²) in [6, 6.07) is 5.55. The molecule has 0 fully saturated rings. The van der Waals surface area contributed by atoms with Crippen molar-refractivity contribution >= 4 is 27.6 Å². The highest BCUT2D eigenvalue weighted by molar-refractivity contribution is 7.89. The number of carbonyl (C=O) groups excluding carboxylic acids is 2. The van der Waals surface area contributed by atoms with Crippen LogP contribution in [0.15, 0.2) is 41.6 Å². The number of carbonyl (C=O) groups is 2. The number of sulfonamides is 1. The lowest BCUT2D eigenvalue weighted by atomic mass is 10.3. The van der Waals surface area contributed by atoms with E-state index in [0.717, 1.165) is 0 Å². The third-order valence-corrected chi connectivity index (χ3v) is 5.91. The molecule has 1 aromatic heterocycles. The predicted octanol–water partition coefficient (Wildman–Crippen LogP) is 1.61. The topological polar surface area (TPSA) is 119 Å². The van der Waals surface area contributed by atoms with Gasteiger partial charge in [0.25, 0.3) is 5.91 Å². The van der Waals surface area contributed by atoms with Crippen LogP contribution in [0.1, 0.15) is 30.0 Å². The van der Waals surface area contributed by atoms with E-state index in [1.165, 1.54) is 48.0 Å². The Bertz CT molecular complexity index is 941. The van der Waals surface area contributed by atoms with Gasteiger partial charge in [0.2, 0.25) is 10.0 Å². The molecule has 28 heavy (non-hydrogen) atoms. The van der Waals surface area contributed by atoms with Crippen LogP contribution < -0.4 is 5.32 Å². The Kier molecular flexibility index (Phi) is 6.81. The van der Waals surface area contributed by atoms with E-state index in [1.807, 2.05) is 0 Å². The number of ether oxygens (including phenoxy) is 1. The molecule has 0 saturated carbocycles. The van der Waals surface area contributed by atoms with E-state index in [2.05, 4.69) is 15.3 Å². The van der Waals surface area contributed by atoms with E-state index in [0.29, 0.717) is 11.4 Å². The van der Waals surface area contributed by atoms with E-state index in [1.54, 1.807) is 20.8 Å². The fourth-order valence-electron chi connectivity index (χ4n) is 2.05. The summed E-state index contributed by atoms with van der Waals surface area (Å²) in [7, 11) is -2.10. The van der Waals surface area contributed by atoms with Gasteiger partial charge >= 0.3 is 5.97 Å². The third-order valence-electron chi connectivity index (χ3n) is 3.87. The molecule has 2 aromatic rings. The minimum Gasteiger partial charge on any atom is -0.451 e. The SMILES string of the molecule is Cc1cnc(C(=O)OCC(=O)Nc2ccc(S(=O)(=O)N(C)C(C)C)cc2)cn1. The van der Waals surface area contributed by atoms with Crippen LogP contribution in [-0.2, 0) is 19.6 Å². The molecule has 1 heterocycles. The summed E-state index contributed by atoms with van der Waals surface area (Å²) in [4.78, 5) is 31.7. The maximum absolute atomic E-state index is 12.4. The number of hydrogen-bond donors (Lipinski definition) is 1. The predicted molar refractivity (Wildman–Crippen MR) is 102 cm³/mol. The van der Waals surface area contributed by atoms with Gasteiger partial charge in [-0.2, -0.15) is 4.31 Å². The van der Waals surface area contributed by atoms with Crippen LogP contribution in [-0.4, -0.2) is 54.3 Å². The molecule has 0 saturated heterocycles. The second kappa shape index (κ2) is 8.89. The smallest absolute Gasteiger partial charge is 0.359 e. The zero-order valence-corrected chi connectivity index (χ0v) is 16.9. The largest absolute Gasteiger partial charge is 0.451 e. The third kappa shape index (κ3) is 5.33. The fourth-order valence-corrected chi connectivity index (χ4v) is 3.42. The van der Waals surface area contributed by atoms with Crippen LogP contribution in [0.25, 0.3) is 0 Å².